The molecule has 0 unspecified atom stereocenters. The van der Waals surface area contributed by atoms with Crippen LogP contribution in [0.15, 0.2) is 30.3 Å². The molecule has 3 nitrogen and oxygen atoms in total. The van der Waals surface area contributed by atoms with Gasteiger partial charge in [0, 0.05) is 5.92 Å². The number of carbonyl (C=O) groups is 1. The van der Waals surface area contributed by atoms with Crippen LogP contribution in [0.5, 0.6) is 0 Å². The molecule has 2 rings (SSSR count). The van der Waals surface area contributed by atoms with Crippen molar-refractivity contribution < 1.29 is 4.79 Å². The highest BCUT2D eigenvalue weighted by Gasteiger charge is 2.15. The summed E-state index contributed by atoms with van der Waals surface area (Å²) < 4.78 is 0. The van der Waals surface area contributed by atoms with E-state index >= 15 is 0 Å². The first kappa shape index (κ1) is 13.7. The van der Waals surface area contributed by atoms with Crippen LogP contribution in [0.25, 0.3) is 10.4 Å². The van der Waals surface area contributed by atoms with E-state index < -0.39 is 0 Å². The van der Waals surface area contributed by atoms with E-state index in [-0.39, 0.29) is 11.8 Å². The van der Waals surface area contributed by atoms with Crippen molar-refractivity contribution in [2.75, 3.05) is 5.32 Å². The van der Waals surface area contributed by atoms with Crippen LogP contribution < -0.4 is 5.32 Å². The number of nitrogens with zero attached hydrogens (tertiary/aromatic N) is 1. The van der Waals surface area contributed by atoms with Gasteiger partial charge < -0.3 is 5.32 Å². The molecule has 1 N–H and O–H groups in total. The second-order valence-corrected chi connectivity index (χ2v) is 5.60. The van der Waals surface area contributed by atoms with E-state index in [2.05, 4.69) is 22.4 Å². The molecule has 1 atom stereocenters. The summed E-state index contributed by atoms with van der Waals surface area (Å²) in [6.45, 7) is 5.90. The van der Waals surface area contributed by atoms with Crippen molar-refractivity contribution in [1.82, 2.24) is 4.98 Å². The lowest BCUT2D eigenvalue weighted by molar-refractivity contribution is -0.119. The van der Waals surface area contributed by atoms with Gasteiger partial charge in [-0.1, -0.05) is 55.5 Å². The minimum Gasteiger partial charge on any atom is -0.302 e. The van der Waals surface area contributed by atoms with Crippen molar-refractivity contribution in [3.63, 3.8) is 0 Å². The molecule has 0 spiro atoms. The summed E-state index contributed by atoms with van der Waals surface area (Å²) in [5.41, 5.74) is 2.09. The lowest BCUT2D eigenvalue weighted by atomic mass is 10.1. The number of aromatic nitrogens is 1. The first-order chi connectivity index (χ1) is 9.11. The number of anilines is 1. The Morgan fingerprint density at radius 1 is 1.37 bits per heavy atom. The van der Waals surface area contributed by atoms with Gasteiger partial charge in [0.1, 0.15) is 0 Å². The number of aryl methyl sites for hydroxylation is 1. The van der Waals surface area contributed by atoms with E-state index in [1.807, 2.05) is 39.0 Å². The Labute approximate surface area is 117 Å². The third-order valence-corrected chi connectivity index (χ3v) is 4.24. The molecule has 0 saturated heterocycles. The van der Waals surface area contributed by atoms with Crippen LogP contribution in [0.2, 0.25) is 0 Å². The van der Waals surface area contributed by atoms with E-state index in [9.17, 15) is 4.79 Å². The van der Waals surface area contributed by atoms with Gasteiger partial charge in [0.05, 0.1) is 10.6 Å². The quantitative estimate of drug-likeness (QED) is 0.912. The van der Waals surface area contributed by atoms with Crippen LogP contribution in [0.4, 0.5) is 5.13 Å². The van der Waals surface area contributed by atoms with Crippen molar-refractivity contribution in [2.45, 2.75) is 27.2 Å². The Hall–Kier alpha value is -1.68. The second-order valence-electron chi connectivity index (χ2n) is 4.60. The predicted molar refractivity (Wildman–Crippen MR) is 80.4 cm³/mol. The molecule has 0 bridgehead atoms. The smallest absolute Gasteiger partial charge is 0.228 e. The molecule has 4 heteroatoms. The predicted octanol–water partition coefficient (Wildman–Crippen LogP) is 4.10. The van der Waals surface area contributed by atoms with Crippen molar-refractivity contribution in [1.29, 1.82) is 0 Å². The maximum atomic E-state index is 11.9. The molecule has 0 radical (unpaired) electrons. The average molecular weight is 274 g/mol. The summed E-state index contributed by atoms with van der Waals surface area (Å²) in [6, 6.07) is 10.1. The first-order valence-corrected chi connectivity index (χ1v) is 7.27. The van der Waals surface area contributed by atoms with Gasteiger partial charge in [-0.15, -0.1) is 0 Å². The van der Waals surface area contributed by atoms with Gasteiger partial charge >= 0.3 is 0 Å². The highest BCUT2D eigenvalue weighted by molar-refractivity contribution is 7.19. The number of hydrogen-bond acceptors (Lipinski definition) is 3. The molecule has 100 valence electrons. The Morgan fingerprint density at radius 3 is 2.68 bits per heavy atom. The molecule has 1 heterocycles. The van der Waals surface area contributed by atoms with Crippen molar-refractivity contribution >= 4 is 22.4 Å². The standard InChI is InChI=1S/C15H18N2OS/c1-4-10(2)14(18)17-15-16-11(3)13(19-15)12-8-6-5-7-9-12/h5-10H,4H2,1-3H3,(H,16,17,18)/t10-/m1/s1. The van der Waals surface area contributed by atoms with Gasteiger partial charge in [0.15, 0.2) is 5.13 Å². The highest BCUT2D eigenvalue weighted by Crippen LogP contribution is 2.32. The zero-order chi connectivity index (χ0) is 13.8. The van der Waals surface area contributed by atoms with Crippen molar-refractivity contribution in [3.05, 3.63) is 36.0 Å². The third kappa shape index (κ3) is 3.20. The lowest BCUT2D eigenvalue weighted by Gasteiger charge is -2.06. The molecule has 0 saturated carbocycles. The number of nitrogens with one attached hydrogen (secondary N) is 1. The summed E-state index contributed by atoms with van der Waals surface area (Å²) in [6.07, 6.45) is 0.835. The highest BCUT2D eigenvalue weighted by atomic mass is 32.1. The minimum absolute atomic E-state index is 0.0179. The van der Waals surface area contributed by atoms with Crippen LogP contribution >= 0.6 is 11.3 Å². The second kappa shape index (κ2) is 5.97. The van der Waals surface area contributed by atoms with Gasteiger partial charge in [-0.05, 0) is 18.9 Å². The SMILES string of the molecule is CC[C@@H](C)C(=O)Nc1nc(C)c(-c2ccccc2)s1. The maximum absolute atomic E-state index is 11.9. The Morgan fingerprint density at radius 2 is 2.05 bits per heavy atom. The largest absolute Gasteiger partial charge is 0.302 e. The van der Waals surface area contributed by atoms with Gasteiger partial charge in [0.2, 0.25) is 5.91 Å². The Kier molecular flexibility index (Phi) is 4.32. The van der Waals surface area contributed by atoms with Gasteiger partial charge in [0.25, 0.3) is 0 Å². The van der Waals surface area contributed by atoms with Gasteiger partial charge in [-0.25, -0.2) is 4.98 Å². The fourth-order valence-corrected chi connectivity index (χ4v) is 2.70. The monoisotopic (exact) mass is 274 g/mol. The third-order valence-electron chi connectivity index (χ3n) is 3.12. The molecular weight excluding hydrogens is 256 g/mol. The number of benzene rings is 1. The summed E-state index contributed by atoms with van der Waals surface area (Å²) >= 11 is 1.53. The topological polar surface area (TPSA) is 42.0 Å². The first-order valence-electron chi connectivity index (χ1n) is 6.45. The van der Waals surface area contributed by atoms with Crippen LogP contribution in [-0.4, -0.2) is 10.9 Å². The average Bonchev–Trinajstić information content (AvgIpc) is 2.79. The number of hydrogen-bond donors (Lipinski definition) is 1. The molecular formula is C15H18N2OS. The van der Waals surface area contributed by atoms with E-state index in [0.717, 1.165) is 22.6 Å². The van der Waals surface area contributed by atoms with E-state index in [0.29, 0.717) is 5.13 Å². The number of amides is 1. The zero-order valence-electron chi connectivity index (χ0n) is 11.4. The van der Waals surface area contributed by atoms with Gasteiger partial charge in [-0.3, -0.25) is 4.79 Å². The zero-order valence-corrected chi connectivity index (χ0v) is 12.3. The molecule has 1 amide bonds. The summed E-state index contributed by atoms with van der Waals surface area (Å²) in [7, 11) is 0. The fraction of sp³-hybridized carbons (Fsp3) is 0.333. The van der Waals surface area contributed by atoms with E-state index in [1.165, 1.54) is 11.3 Å². The summed E-state index contributed by atoms with van der Waals surface area (Å²) in [4.78, 5) is 17.4. The molecule has 0 aliphatic carbocycles. The molecule has 1 aromatic heterocycles. The number of carbonyl (C=O) groups excluding carboxylic acids is 1. The lowest BCUT2D eigenvalue weighted by Crippen LogP contribution is -2.19. The maximum Gasteiger partial charge on any atom is 0.228 e. The molecule has 2 aromatic rings. The van der Waals surface area contributed by atoms with E-state index in [1.54, 1.807) is 0 Å². The molecule has 19 heavy (non-hydrogen) atoms. The Bertz CT molecular complexity index is 563. The molecule has 0 aliphatic rings. The number of thiazole rings is 1. The van der Waals surface area contributed by atoms with Crippen LogP contribution in [0, 0.1) is 12.8 Å². The summed E-state index contributed by atoms with van der Waals surface area (Å²) in [5, 5.41) is 3.57. The Balaban J connectivity index is 2.20. The minimum atomic E-state index is 0.0179. The van der Waals surface area contributed by atoms with E-state index in [4.69, 9.17) is 0 Å². The summed E-state index contributed by atoms with van der Waals surface area (Å²) in [5.74, 6) is 0.0558. The molecule has 0 aliphatic heterocycles. The molecule has 1 aromatic carbocycles. The normalized spacial score (nSPS) is 12.2. The van der Waals surface area contributed by atoms with Gasteiger partial charge in [-0.2, -0.15) is 0 Å². The van der Waals surface area contributed by atoms with Crippen LogP contribution in [0.3, 0.4) is 0 Å². The fourth-order valence-electron chi connectivity index (χ4n) is 1.72. The van der Waals surface area contributed by atoms with Crippen LogP contribution in [-0.2, 0) is 4.79 Å². The number of rotatable bonds is 4. The van der Waals surface area contributed by atoms with Crippen LogP contribution in [0.1, 0.15) is 26.0 Å². The van der Waals surface area contributed by atoms with Crippen molar-refractivity contribution in [3.8, 4) is 10.4 Å². The molecule has 0 fully saturated rings. The van der Waals surface area contributed by atoms with Crippen molar-refractivity contribution in [2.24, 2.45) is 5.92 Å².